The highest BCUT2D eigenvalue weighted by atomic mass is 79.9. The Balaban J connectivity index is 3.24. The normalized spacial score (nSPS) is 13.8. The van der Waals surface area contributed by atoms with Crippen molar-refractivity contribution in [1.82, 2.24) is 4.31 Å². The maximum absolute atomic E-state index is 12.7. The minimum absolute atomic E-state index is 0.288. The highest BCUT2D eigenvalue weighted by Crippen LogP contribution is 2.28. The molecule has 1 atom stereocenters. The Bertz CT molecular complexity index is 575. The zero-order valence-electron chi connectivity index (χ0n) is 12.3. The first kappa shape index (κ1) is 18.0. The van der Waals surface area contributed by atoms with E-state index in [4.69, 9.17) is 11.6 Å². The van der Waals surface area contributed by atoms with E-state index >= 15 is 0 Å². The van der Waals surface area contributed by atoms with Gasteiger partial charge in [-0.1, -0.05) is 36.2 Å². The lowest BCUT2D eigenvalue weighted by Crippen LogP contribution is -2.31. The lowest BCUT2D eigenvalue weighted by molar-refractivity contribution is 0.393. The van der Waals surface area contributed by atoms with Crippen LogP contribution >= 0.6 is 27.5 Å². The van der Waals surface area contributed by atoms with Gasteiger partial charge in [0.15, 0.2) is 0 Å². The second-order valence-electron chi connectivity index (χ2n) is 5.13. The van der Waals surface area contributed by atoms with E-state index in [9.17, 15) is 8.42 Å². The minimum atomic E-state index is -3.49. The van der Waals surface area contributed by atoms with Crippen LogP contribution in [0.25, 0.3) is 0 Å². The summed E-state index contributed by atoms with van der Waals surface area (Å²) in [6, 6.07) is 3.52. The maximum Gasteiger partial charge on any atom is 0.243 e. The summed E-state index contributed by atoms with van der Waals surface area (Å²) in [6.45, 7) is 6.41. The van der Waals surface area contributed by atoms with Crippen LogP contribution < -0.4 is 0 Å². The van der Waals surface area contributed by atoms with E-state index in [0.717, 1.165) is 22.0 Å². The Morgan fingerprint density at radius 2 is 2.00 bits per heavy atom. The van der Waals surface area contributed by atoms with E-state index in [2.05, 4.69) is 22.9 Å². The third kappa shape index (κ3) is 3.97. The molecule has 0 aliphatic heterocycles. The molecule has 0 spiro atoms. The van der Waals surface area contributed by atoms with Gasteiger partial charge in [0, 0.05) is 23.9 Å². The molecule has 20 heavy (non-hydrogen) atoms. The summed E-state index contributed by atoms with van der Waals surface area (Å²) in [5.74, 6) is 0.617. The number of rotatable bonds is 6. The summed E-state index contributed by atoms with van der Waals surface area (Å²) in [6.07, 6.45) is 0.949. The molecule has 0 saturated carbocycles. The number of alkyl halides is 1. The van der Waals surface area contributed by atoms with E-state index in [-0.39, 0.29) is 5.88 Å². The summed E-state index contributed by atoms with van der Waals surface area (Å²) < 4.78 is 27.6. The molecule has 114 valence electrons. The molecular formula is C14H21BrClNO2S. The van der Waals surface area contributed by atoms with Crippen molar-refractivity contribution in [2.45, 2.75) is 38.0 Å². The number of hydrogen-bond acceptors (Lipinski definition) is 2. The zero-order valence-corrected chi connectivity index (χ0v) is 15.4. The molecule has 0 N–H and O–H groups in total. The lowest BCUT2D eigenvalue weighted by Gasteiger charge is -2.22. The van der Waals surface area contributed by atoms with Crippen LogP contribution in [0.3, 0.4) is 0 Å². The molecule has 3 nitrogen and oxygen atoms in total. The Hall–Kier alpha value is -0.100. The van der Waals surface area contributed by atoms with Crippen molar-refractivity contribution >= 4 is 37.6 Å². The first-order valence-electron chi connectivity index (χ1n) is 6.55. The largest absolute Gasteiger partial charge is 0.243 e. The first-order chi connectivity index (χ1) is 9.23. The fourth-order valence-corrected chi connectivity index (χ4v) is 4.26. The van der Waals surface area contributed by atoms with Gasteiger partial charge in [0.2, 0.25) is 10.0 Å². The quantitative estimate of drug-likeness (QED) is 0.693. The monoisotopic (exact) mass is 381 g/mol. The van der Waals surface area contributed by atoms with Crippen molar-refractivity contribution in [3.8, 4) is 0 Å². The second kappa shape index (κ2) is 7.25. The van der Waals surface area contributed by atoms with Crippen LogP contribution in [0.2, 0.25) is 0 Å². The third-order valence-corrected chi connectivity index (χ3v) is 6.55. The number of halogens is 2. The molecule has 1 unspecified atom stereocenters. The summed E-state index contributed by atoms with van der Waals surface area (Å²) in [5.41, 5.74) is 1.51. The Morgan fingerprint density at radius 1 is 1.40 bits per heavy atom. The van der Waals surface area contributed by atoms with Crippen molar-refractivity contribution in [2.24, 2.45) is 5.92 Å². The van der Waals surface area contributed by atoms with Gasteiger partial charge < -0.3 is 0 Å². The van der Waals surface area contributed by atoms with Crippen LogP contribution in [-0.4, -0.2) is 26.3 Å². The number of nitrogens with zero attached hydrogens (tertiary/aromatic N) is 1. The molecule has 0 saturated heterocycles. The van der Waals surface area contributed by atoms with Gasteiger partial charge in [-0.15, -0.1) is 11.6 Å². The molecule has 1 rings (SSSR count). The van der Waals surface area contributed by atoms with E-state index in [1.165, 1.54) is 4.31 Å². The third-order valence-electron chi connectivity index (χ3n) is 3.46. The van der Waals surface area contributed by atoms with Crippen LogP contribution in [0.1, 0.15) is 31.4 Å². The fourth-order valence-electron chi connectivity index (χ4n) is 1.89. The molecule has 6 heteroatoms. The van der Waals surface area contributed by atoms with Gasteiger partial charge in [-0.3, -0.25) is 0 Å². The predicted octanol–water partition coefficient (Wildman–Crippen LogP) is 4.16. The molecular weight excluding hydrogens is 362 g/mol. The SMILES string of the molecule is CCC(C)CN(C)S(=O)(=O)c1cc(CCl)cc(Br)c1C. The van der Waals surface area contributed by atoms with E-state index in [1.807, 2.05) is 13.0 Å². The second-order valence-corrected chi connectivity index (χ2v) is 8.27. The Morgan fingerprint density at radius 3 is 2.50 bits per heavy atom. The molecule has 1 aromatic carbocycles. The molecule has 0 bridgehead atoms. The Kier molecular flexibility index (Phi) is 6.51. The molecule has 0 amide bonds. The summed E-state index contributed by atoms with van der Waals surface area (Å²) in [5, 5.41) is 0. The molecule has 0 aliphatic rings. The van der Waals surface area contributed by atoms with Crippen molar-refractivity contribution in [3.05, 3.63) is 27.7 Å². The number of sulfonamides is 1. The topological polar surface area (TPSA) is 37.4 Å². The molecule has 0 radical (unpaired) electrons. The summed E-state index contributed by atoms with van der Waals surface area (Å²) >= 11 is 9.23. The van der Waals surface area contributed by atoms with Gasteiger partial charge in [0.25, 0.3) is 0 Å². The summed E-state index contributed by atoms with van der Waals surface area (Å²) in [4.78, 5) is 0.327. The Labute approximate surface area is 135 Å². The number of hydrogen-bond donors (Lipinski definition) is 0. The molecule has 0 aliphatic carbocycles. The van der Waals surface area contributed by atoms with Crippen molar-refractivity contribution in [2.75, 3.05) is 13.6 Å². The lowest BCUT2D eigenvalue weighted by atomic mass is 10.1. The van der Waals surface area contributed by atoms with E-state index in [1.54, 1.807) is 20.0 Å². The van der Waals surface area contributed by atoms with Crippen LogP contribution in [-0.2, 0) is 15.9 Å². The minimum Gasteiger partial charge on any atom is -0.207 e. The number of benzene rings is 1. The average molecular weight is 383 g/mol. The van der Waals surface area contributed by atoms with Crippen LogP contribution in [0.4, 0.5) is 0 Å². The zero-order chi connectivity index (χ0) is 15.5. The van der Waals surface area contributed by atoms with Crippen LogP contribution in [0.5, 0.6) is 0 Å². The maximum atomic E-state index is 12.7. The molecule has 0 aromatic heterocycles. The van der Waals surface area contributed by atoms with Gasteiger partial charge in [0.05, 0.1) is 4.90 Å². The van der Waals surface area contributed by atoms with E-state index < -0.39 is 10.0 Å². The van der Waals surface area contributed by atoms with Gasteiger partial charge in [-0.25, -0.2) is 12.7 Å². The highest BCUT2D eigenvalue weighted by Gasteiger charge is 2.25. The van der Waals surface area contributed by atoms with Crippen LogP contribution in [0, 0.1) is 12.8 Å². The van der Waals surface area contributed by atoms with Gasteiger partial charge >= 0.3 is 0 Å². The van der Waals surface area contributed by atoms with Gasteiger partial charge in [0.1, 0.15) is 0 Å². The van der Waals surface area contributed by atoms with Crippen molar-refractivity contribution < 1.29 is 8.42 Å². The van der Waals surface area contributed by atoms with Gasteiger partial charge in [-0.2, -0.15) is 0 Å². The molecule has 0 fully saturated rings. The van der Waals surface area contributed by atoms with Gasteiger partial charge in [-0.05, 0) is 36.1 Å². The predicted molar refractivity (Wildman–Crippen MR) is 87.7 cm³/mol. The standard InChI is InChI=1S/C14H21BrClNO2S/c1-5-10(2)9-17(4)20(18,19)14-7-12(8-16)6-13(15)11(14)3/h6-7,10H,5,8-9H2,1-4H3. The fraction of sp³-hybridized carbons (Fsp3) is 0.571. The van der Waals surface area contributed by atoms with Crippen LogP contribution in [0.15, 0.2) is 21.5 Å². The first-order valence-corrected chi connectivity index (χ1v) is 9.32. The van der Waals surface area contributed by atoms with Crippen molar-refractivity contribution in [3.63, 3.8) is 0 Å². The summed E-state index contributed by atoms with van der Waals surface area (Å²) in [7, 11) is -1.86. The van der Waals surface area contributed by atoms with E-state index in [0.29, 0.717) is 17.4 Å². The smallest absolute Gasteiger partial charge is 0.207 e. The highest BCUT2D eigenvalue weighted by molar-refractivity contribution is 9.10. The molecule has 0 heterocycles. The van der Waals surface area contributed by atoms with Crippen molar-refractivity contribution in [1.29, 1.82) is 0 Å². The average Bonchev–Trinajstić information content (AvgIpc) is 2.40. The molecule has 1 aromatic rings.